The van der Waals surface area contributed by atoms with Gasteiger partial charge in [0.05, 0.1) is 10.6 Å². The molecule has 0 radical (unpaired) electrons. The highest BCUT2D eigenvalue weighted by molar-refractivity contribution is 7.92. The van der Waals surface area contributed by atoms with Crippen molar-refractivity contribution in [2.75, 3.05) is 4.72 Å². The molecule has 0 aromatic heterocycles. The standard InChI is InChI=1S/C17H20FNO2S/c1-4-12(2)14-6-9-16(10-7-14)22(20,21)19-15-8-5-13(3)17(18)11-15/h5-12,19H,4H2,1-3H3. The number of hydrogen-bond donors (Lipinski definition) is 1. The van der Waals surface area contributed by atoms with E-state index in [1.807, 2.05) is 12.1 Å². The van der Waals surface area contributed by atoms with Crippen LogP contribution in [0.1, 0.15) is 37.3 Å². The Balaban J connectivity index is 2.24. The summed E-state index contributed by atoms with van der Waals surface area (Å²) in [7, 11) is -3.71. The molecule has 0 saturated carbocycles. The summed E-state index contributed by atoms with van der Waals surface area (Å²) in [5.74, 6) is -0.0526. The molecule has 22 heavy (non-hydrogen) atoms. The number of benzene rings is 2. The molecule has 0 fully saturated rings. The molecule has 1 N–H and O–H groups in total. The van der Waals surface area contributed by atoms with Gasteiger partial charge < -0.3 is 0 Å². The van der Waals surface area contributed by atoms with Gasteiger partial charge in [0, 0.05) is 0 Å². The lowest BCUT2D eigenvalue weighted by atomic mass is 9.99. The fourth-order valence-electron chi connectivity index (χ4n) is 2.08. The molecule has 3 nitrogen and oxygen atoms in total. The van der Waals surface area contributed by atoms with Crippen LogP contribution in [0.15, 0.2) is 47.4 Å². The summed E-state index contributed by atoms with van der Waals surface area (Å²) >= 11 is 0. The van der Waals surface area contributed by atoms with Gasteiger partial charge in [-0.15, -0.1) is 0 Å². The molecule has 0 bridgehead atoms. The second kappa shape index (κ2) is 6.48. The third-order valence-corrected chi connectivity index (χ3v) is 5.19. The smallest absolute Gasteiger partial charge is 0.261 e. The van der Waals surface area contributed by atoms with Crippen LogP contribution in [0.4, 0.5) is 10.1 Å². The Morgan fingerprint density at radius 1 is 1.14 bits per heavy atom. The van der Waals surface area contributed by atoms with Gasteiger partial charge in [-0.05, 0) is 54.7 Å². The van der Waals surface area contributed by atoms with Crippen LogP contribution in [0.25, 0.3) is 0 Å². The van der Waals surface area contributed by atoms with Crippen molar-refractivity contribution in [1.82, 2.24) is 0 Å². The predicted octanol–water partition coefficient (Wildman–Crippen LogP) is 4.45. The van der Waals surface area contributed by atoms with Crippen molar-refractivity contribution in [1.29, 1.82) is 0 Å². The molecule has 1 unspecified atom stereocenters. The summed E-state index contributed by atoms with van der Waals surface area (Å²) in [6.07, 6.45) is 0.993. The summed E-state index contributed by atoms with van der Waals surface area (Å²) < 4.78 is 40.5. The van der Waals surface area contributed by atoms with Gasteiger partial charge in [-0.25, -0.2) is 12.8 Å². The first-order valence-corrected chi connectivity index (χ1v) is 8.70. The van der Waals surface area contributed by atoms with E-state index in [2.05, 4.69) is 18.6 Å². The molecule has 0 amide bonds. The zero-order valence-corrected chi connectivity index (χ0v) is 13.7. The van der Waals surface area contributed by atoms with Gasteiger partial charge in [0.2, 0.25) is 0 Å². The average Bonchev–Trinajstić information content (AvgIpc) is 2.50. The molecule has 0 aliphatic rings. The van der Waals surface area contributed by atoms with Crippen molar-refractivity contribution in [2.45, 2.75) is 38.0 Å². The van der Waals surface area contributed by atoms with Crippen LogP contribution >= 0.6 is 0 Å². The molecule has 0 heterocycles. The Morgan fingerprint density at radius 2 is 1.77 bits per heavy atom. The third-order valence-electron chi connectivity index (χ3n) is 3.80. The van der Waals surface area contributed by atoms with Crippen LogP contribution in [0.2, 0.25) is 0 Å². The number of hydrogen-bond acceptors (Lipinski definition) is 2. The van der Waals surface area contributed by atoms with Crippen molar-refractivity contribution in [3.63, 3.8) is 0 Å². The van der Waals surface area contributed by atoms with E-state index in [-0.39, 0.29) is 10.6 Å². The summed E-state index contributed by atoms with van der Waals surface area (Å²) in [6.45, 7) is 5.81. The van der Waals surface area contributed by atoms with E-state index < -0.39 is 15.8 Å². The van der Waals surface area contributed by atoms with Gasteiger partial charge in [-0.1, -0.05) is 32.0 Å². The average molecular weight is 321 g/mol. The Hall–Kier alpha value is -1.88. The molecule has 5 heteroatoms. The largest absolute Gasteiger partial charge is 0.280 e. The van der Waals surface area contributed by atoms with Crippen LogP contribution in [0.5, 0.6) is 0 Å². The van der Waals surface area contributed by atoms with Crippen molar-refractivity contribution in [3.8, 4) is 0 Å². The van der Waals surface area contributed by atoms with Gasteiger partial charge in [-0.3, -0.25) is 4.72 Å². The lowest BCUT2D eigenvalue weighted by molar-refractivity contribution is 0.600. The van der Waals surface area contributed by atoms with E-state index in [0.29, 0.717) is 11.5 Å². The second-order valence-electron chi connectivity index (χ2n) is 5.45. The quantitative estimate of drug-likeness (QED) is 0.884. The minimum atomic E-state index is -3.71. The van der Waals surface area contributed by atoms with Crippen molar-refractivity contribution in [3.05, 3.63) is 59.4 Å². The Kier molecular flexibility index (Phi) is 4.86. The zero-order valence-electron chi connectivity index (χ0n) is 12.9. The molecule has 2 rings (SSSR count). The van der Waals surface area contributed by atoms with Gasteiger partial charge >= 0.3 is 0 Å². The summed E-state index contributed by atoms with van der Waals surface area (Å²) in [5.41, 5.74) is 1.79. The number of nitrogens with one attached hydrogen (secondary N) is 1. The fraction of sp³-hybridized carbons (Fsp3) is 0.294. The third kappa shape index (κ3) is 3.65. The molecular weight excluding hydrogens is 301 g/mol. The number of halogens is 1. The zero-order chi connectivity index (χ0) is 16.3. The van der Waals surface area contributed by atoms with Gasteiger partial charge in [0.15, 0.2) is 0 Å². The molecular formula is C17H20FNO2S. The van der Waals surface area contributed by atoms with E-state index in [1.54, 1.807) is 31.2 Å². The highest BCUT2D eigenvalue weighted by Gasteiger charge is 2.15. The maximum Gasteiger partial charge on any atom is 0.261 e. The Bertz CT molecular complexity index is 755. The van der Waals surface area contributed by atoms with Crippen LogP contribution in [0.3, 0.4) is 0 Å². The molecule has 2 aromatic carbocycles. The van der Waals surface area contributed by atoms with Crippen molar-refractivity contribution >= 4 is 15.7 Å². The molecule has 0 aliphatic carbocycles. The van der Waals surface area contributed by atoms with Crippen molar-refractivity contribution in [2.24, 2.45) is 0 Å². The normalized spacial score (nSPS) is 12.9. The first kappa shape index (κ1) is 16.5. The molecule has 118 valence electrons. The van der Waals surface area contributed by atoms with Crippen LogP contribution in [0, 0.1) is 12.7 Å². The van der Waals surface area contributed by atoms with Crippen LogP contribution in [-0.4, -0.2) is 8.42 Å². The topological polar surface area (TPSA) is 46.2 Å². The van der Waals surface area contributed by atoms with E-state index in [0.717, 1.165) is 12.0 Å². The summed E-state index contributed by atoms with van der Waals surface area (Å²) in [5, 5.41) is 0. The highest BCUT2D eigenvalue weighted by Crippen LogP contribution is 2.22. The molecule has 2 aromatic rings. The lowest BCUT2D eigenvalue weighted by Gasteiger charge is -2.11. The van der Waals surface area contributed by atoms with E-state index in [4.69, 9.17) is 0 Å². The monoisotopic (exact) mass is 321 g/mol. The minimum absolute atomic E-state index is 0.167. The Labute approximate surface area is 131 Å². The highest BCUT2D eigenvalue weighted by atomic mass is 32.2. The second-order valence-corrected chi connectivity index (χ2v) is 7.13. The molecule has 0 saturated heterocycles. The predicted molar refractivity (Wildman–Crippen MR) is 87.1 cm³/mol. The van der Waals surface area contributed by atoms with Gasteiger partial charge in [0.25, 0.3) is 10.0 Å². The first-order chi connectivity index (χ1) is 10.3. The summed E-state index contributed by atoms with van der Waals surface area (Å²) in [4.78, 5) is 0.167. The van der Waals surface area contributed by atoms with Crippen LogP contribution in [-0.2, 0) is 10.0 Å². The van der Waals surface area contributed by atoms with E-state index in [9.17, 15) is 12.8 Å². The van der Waals surface area contributed by atoms with Crippen LogP contribution < -0.4 is 4.72 Å². The SMILES string of the molecule is CCC(C)c1ccc(S(=O)(=O)Nc2ccc(C)c(F)c2)cc1. The minimum Gasteiger partial charge on any atom is -0.280 e. The maximum atomic E-state index is 13.5. The summed E-state index contributed by atoms with van der Waals surface area (Å²) in [6, 6.07) is 11.1. The van der Waals surface area contributed by atoms with E-state index in [1.165, 1.54) is 6.07 Å². The Morgan fingerprint density at radius 3 is 2.32 bits per heavy atom. The van der Waals surface area contributed by atoms with E-state index >= 15 is 0 Å². The number of rotatable bonds is 5. The molecule has 1 atom stereocenters. The first-order valence-electron chi connectivity index (χ1n) is 7.22. The molecule has 0 spiro atoms. The van der Waals surface area contributed by atoms with Gasteiger partial charge in [-0.2, -0.15) is 0 Å². The number of anilines is 1. The maximum absolute atomic E-state index is 13.5. The number of sulfonamides is 1. The van der Waals surface area contributed by atoms with Gasteiger partial charge in [0.1, 0.15) is 5.82 Å². The lowest BCUT2D eigenvalue weighted by Crippen LogP contribution is -2.13. The number of aryl methyl sites for hydroxylation is 1. The molecule has 0 aliphatic heterocycles. The van der Waals surface area contributed by atoms with Crippen molar-refractivity contribution < 1.29 is 12.8 Å². The fourth-order valence-corrected chi connectivity index (χ4v) is 3.13.